The molecule has 1 aromatic heterocycles. The first-order valence-electron chi connectivity index (χ1n) is 3.29. The summed E-state index contributed by atoms with van der Waals surface area (Å²) in [5, 5.41) is 17.0. The minimum absolute atomic E-state index is 0.157. The molecule has 5 nitrogen and oxygen atoms in total. The Morgan fingerprint density at radius 3 is 2.31 bits per heavy atom. The number of rotatable bonds is 3. The molecule has 1 aromatic rings. The van der Waals surface area contributed by atoms with E-state index in [0.29, 0.717) is 0 Å². The molecule has 0 radical (unpaired) electrons. The molecule has 0 aliphatic heterocycles. The van der Waals surface area contributed by atoms with Crippen LogP contribution in [0.25, 0.3) is 6.08 Å². The van der Waals surface area contributed by atoms with Gasteiger partial charge in [0.15, 0.2) is 0 Å². The standard InChI is InChI=1S/C8H6O5/c1-2-4-3-5(7(9)10)13-6(4)8(11)12/h2-3H,1H2,(H,9,10)(H,11,12). The molecule has 1 rings (SSSR count). The Hall–Kier alpha value is -2.04. The highest BCUT2D eigenvalue weighted by atomic mass is 16.4. The van der Waals surface area contributed by atoms with E-state index in [4.69, 9.17) is 10.2 Å². The van der Waals surface area contributed by atoms with Crippen LogP contribution in [0.2, 0.25) is 0 Å². The van der Waals surface area contributed by atoms with Gasteiger partial charge in [-0.25, -0.2) is 9.59 Å². The van der Waals surface area contributed by atoms with Crippen LogP contribution >= 0.6 is 0 Å². The van der Waals surface area contributed by atoms with Gasteiger partial charge >= 0.3 is 11.9 Å². The molecule has 0 saturated heterocycles. The molecule has 0 unspecified atom stereocenters. The molecule has 0 atom stereocenters. The van der Waals surface area contributed by atoms with Crippen molar-refractivity contribution < 1.29 is 24.2 Å². The Balaban J connectivity index is 3.27. The van der Waals surface area contributed by atoms with Gasteiger partial charge in [-0.1, -0.05) is 12.7 Å². The van der Waals surface area contributed by atoms with Crippen molar-refractivity contribution >= 4 is 18.0 Å². The van der Waals surface area contributed by atoms with Crippen molar-refractivity contribution in [3.8, 4) is 0 Å². The van der Waals surface area contributed by atoms with E-state index in [1.54, 1.807) is 0 Å². The SMILES string of the molecule is C=Cc1cc(C(=O)O)oc1C(=O)O. The Morgan fingerprint density at radius 1 is 1.38 bits per heavy atom. The van der Waals surface area contributed by atoms with Crippen molar-refractivity contribution in [2.75, 3.05) is 0 Å². The number of hydrogen-bond acceptors (Lipinski definition) is 3. The average molecular weight is 182 g/mol. The van der Waals surface area contributed by atoms with Gasteiger partial charge in [-0.2, -0.15) is 0 Å². The second-order valence-electron chi connectivity index (χ2n) is 2.21. The maximum atomic E-state index is 10.5. The van der Waals surface area contributed by atoms with Crippen LogP contribution in [0.4, 0.5) is 0 Å². The van der Waals surface area contributed by atoms with Crippen molar-refractivity contribution in [1.82, 2.24) is 0 Å². The van der Waals surface area contributed by atoms with Gasteiger partial charge in [0.05, 0.1) is 0 Å². The lowest BCUT2D eigenvalue weighted by molar-refractivity contribution is 0.0631. The maximum Gasteiger partial charge on any atom is 0.372 e. The lowest BCUT2D eigenvalue weighted by Crippen LogP contribution is -1.96. The fraction of sp³-hybridized carbons (Fsp3) is 0. The molecule has 0 spiro atoms. The third kappa shape index (κ3) is 1.58. The summed E-state index contributed by atoms with van der Waals surface area (Å²) in [4.78, 5) is 20.9. The smallest absolute Gasteiger partial charge is 0.372 e. The summed E-state index contributed by atoms with van der Waals surface area (Å²) in [6, 6.07) is 1.11. The number of aromatic carboxylic acids is 2. The van der Waals surface area contributed by atoms with Crippen molar-refractivity contribution in [3.05, 3.63) is 29.7 Å². The monoisotopic (exact) mass is 182 g/mol. The van der Waals surface area contributed by atoms with Gasteiger partial charge in [0.1, 0.15) is 0 Å². The van der Waals surface area contributed by atoms with E-state index in [0.717, 1.165) is 6.07 Å². The van der Waals surface area contributed by atoms with Crippen LogP contribution in [0.3, 0.4) is 0 Å². The highest BCUT2D eigenvalue weighted by Crippen LogP contribution is 2.16. The van der Waals surface area contributed by atoms with Gasteiger partial charge in [-0.3, -0.25) is 0 Å². The van der Waals surface area contributed by atoms with Crippen molar-refractivity contribution in [1.29, 1.82) is 0 Å². The fourth-order valence-corrected chi connectivity index (χ4v) is 0.829. The first-order valence-corrected chi connectivity index (χ1v) is 3.29. The molecule has 1 heterocycles. The topological polar surface area (TPSA) is 87.7 Å². The van der Waals surface area contributed by atoms with E-state index in [9.17, 15) is 9.59 Å². The number of carbonyl (C=O) groups is 2. The van der Waals surface area contributed by atoms with E-state index >= 15 is 0 Å². The summed E-state index contributed by atoms with van der Waals surface area (Å²) in [6.45, 7) is 3.33. The lowest BCUT2D eigenvalue weighted by Gasteiger charge is -1.87. The molecular formula is C8H6O5. The van der Waals surface area contributed by atoms with E-state index in [-0.39, 0.29) is 5.56 Å². The average Bonchev–Trinajstić information content (AvgIpc) is 2.47. The second kappa shape index (κ2) is 3.14. The first-order chi connectivity index (χ1) is 6.06. The molecule has 68 valence electrons. The zero-order valence-corrected chi connectivity index (χ0v) is 6.48. The van der Waals surface area contributed by atoms with Gasteiger partial charge in [0.2, 0.25) is 11.5 Å². The molecule has 0 bridgehead atoms. The van der Waals surface area contributed by atoms with E-state index in [1.165, 1.54) is 6.08 Å². The van der Waals surface area contributed by atoms with Gasteiger partial charge in [0, 0.05) is 5.56 Å². The quantitative estimate of drug-likeness (QED) is 0.735. The molecule has 2 N–H and O–H groups in total. The Kier molecular flexibility index (Phi) is 2.19. The lowest BCUT2D eigenvalue weighted by atomic mass is 10.2. The maximum absolute atomic E-state index is 10.5. The third-order valence-corrected chi connectivity index (χ3v) is 1.39. The van der Waals surface area contributed by atoms with E-state index in [1.807, 2.05) is 0 Å². The molecule has 0 aliphatic carbocycles. The van der Waals surface area contributed by atoms with Gasteiger partial charge in [-0.15, -0.1) is 0 Å². The number of carboxylic acids is 2. The van der Waals surface area contributed by atoms with Crippen molar-refractivity contribution in [2.24, 2.45) is 0 Å². The van der Waals surface area contributed by atoms with Crippen LogP contribution in [-0.4, -0.2) is 22.2 Å². The third-order valence-electron chi connectivity index (χ3n) is 1.39. The molecule has 0 amide bonds. The van der Waals surface area contributed by atoms with Gasteiger partial charge in [0.25, 0.3) is 0 Å². The molecule has 0 aliphatic rings. The Bertz CT molecular complexity index is 374. The van der Waals surface area contributed by atoms with Crippen LogP contribution in [0, 0.1) is 0 Å². The van der Waals surface area contributed by atoms with Gasteiger partial charge < -0.3 is 14.6 Å². The van der Waals surface area contributed by atoms with Gasteiger partial charge in [-0.05, 0) is 6.07 Å². The van der Waals surface area contributed by atoms with Crippen molar-refractivity contribution in [3.63, 3.8) is 0 Å². The number of hydrogen-bond donors (Lipinski definition) is 2. The highest BCUT2D eigenvalue weighted by molar-refractivity contribution is 5.92. The molecular weight excluding hydrogens is 176 g/mol. The largest absolute Gasteiger partial charge is 0.475 e. The van der Waals surface area contributed by atoms with Crippen LogP contribution < -0.4 is 0 Å². The Labute approximate surface area is 72.9 Å². The van der Waals surface area contributed by atoms with Crippen LogP contribution in [0.5, 0.6) is 0 Å². The Morgan fingerprint density at radius 2 is 2.00 bits per heavy atom. The molecule has 0 saturated carbocycles. The molecule has 13 heavy (non-hydrogen) atoms. The highest BCUT2D eigenvalue weighted by Gasteiger charge is 2.18. The van der Waals surface area contributed by atoms with E-state index in [2.05, 4.69) is 11.0 Å². The van der Waals surface area contributed by atoms with E-state index < -0.39 is 23.5 Å². The summed E-state index contributed by atoms with van der Waals surface area (Å²) in [5.41, 5.74) is 0.157. The zero-order chi connectivity index (χ0) is 10.0. The minimum atomic E-state index is -1.32. The van der Waals surface area contributed by atoms with Crippen LogP contribution in [0.1, 0.15) is 26.7 Å². The fourth-order valence-electron chi connectivity index (χ4n) is 0.829. The molecule has 0 aromatic carbocycles. The summed E-state index contributed by atoms with van der Waals surface area (Å²) in [7, 11) is 0. The second-order valence-corrected chi connectivity index (χ2v) is 2.21. The molecule has 0 fully saturated rings. The number of furan rings is 1. The van der Waals surface area contributed by atoms with Crippen molar-refractivity contribution in [2.45, 2.75) is 0 Å². The normalized spacial score (nSPS) is 9.54. The van der Waals surface area contributed by atoms with Crippen LogP contribution in [0.15, 0.2) is 17.1 Å². The predicted molar refractivity (Wildman–Crippen MR) is 42.7 cm³/mol. The zero-order valence-electron chi connectivity index (χ0n) is 6.48. The summed E-state index contributed by atoms with van der Waals surface area (Å²) < 4.78 is 4.56. The van der Waals surface area contributed by atoms with Crippen LogP contribution in [-0.2, 0) is 0 Å². The number of carboxylic acid groups (broad SMARTS) is 2. The molecule has 5 heteroatoms. The summed E-state index contributed by atoms with van der Waals surface area (Å²) in [5.74, 6) is -3.45. The first kappa shape index (κ1) is 9.05. The summed E-state index contributed by atoms with van der Waals surface area (Å²) >= 11 is 0. The summed E-state index contributed by atoms with van der Waals surface area (Å²) in [6.07, 6.45) is 1.22. The predicted octanol–water partition coefficient (Wildman–Crippen LogP) is 1.32. The minimum Gasteiger partial charge on any atom is -0.475 e.